The number of halogens is 1. The molecule has 3 nitrogen and oxygen atoms in total. The van der Waals surface area contributed by atoms with Gasteiger partial charge >= 0.3 is 0 Å². The zero-order valence-electron chi connectivity index (χ0n) is 10.6. The zero-order chi connectivity index (χ0) is 12.8. The van der Waals surface area contributed by atoms with Gasteiger partial charge < -0.3 is 14.2 Å². The summed E-state index contributed by atoms with van der Waals surface area (Å²) in [6.07, 6.45) is 1.60. The second kappa shape index (κ2) is 5.10. The van der Waals surface area contributed by atoms with Gasteiger partial charge in [-0.05, 0) is 50.5 Å². The first-order valence-electron chi connectivity index (χ1n) is 6.30. The van der Waals surface area contributed by atoms with E-state index in [4.69, 9.17) is 14.2 Å². The molecule has 2 atom stereocenters. The van der Waals surface area contributed by atoms with Crippen LogP contribution in [0.3, 0.4) is 0 Å². The largest absolute Gasteiger partial charge is 0.487 e. The van der Waals surface area contributed by atoms with E-state index in [1.54, 1.807) is 12.1 Å². The van der Waals surface area contributed by atoms with Crippen LogP contribution < -0.4 is 4.74 Å². The Balaban J connectivity index is 0.00000133. The van der Waals surface area contributed by atoms with Crippen LogP contribution in [0.1, 0.15) is 33.3 Å². The lowest BCUT2D eigenvalue weighted by atomic mass is 9.99. The molecule has 106 valence electrons. The molecule has 19 heavy (non-hydrogen) atoms. The summed E-state index contributed by atoms with van der Waals surface area (Å²) in [5.74, 6) is 0.0234. The van der Waals surface area contributed by atoms with E-state index in [1.165, 1.54) is 6.07 Å². The van der Waals surface area contributed by atoms with E-state index in [0.717, 1.165) is 24.2 Å². The summed E-state index contributed by atoms with van der Waals surface area (Å²) in [5, 5.41) is 0. The van der Waals surface area contributed by atoms with Gasteiger partial charge in [-0.25, -0.2) is 4.39 Å². The molecular weight excluding hydrogens is 247 g/mol. The number of benzene rings is 1. The molecule has 0 amide bonds. The molecule has 2 heterocycles. The second-order valence-electron chi connectivity index (χ2n) is 5.31. The van der Waals surface area contributed by atoms with Crippen LogP contribution in [0.15, 0.2) is 18.2 Å². The van der Waals surface area contributed by atoms with E-state index in [2.05, 4.69) is 0 Å². The van der Waals surface area contributed by atoms with Crippen molar-refractivity contribution >= 4 is 0 Å². The average Bonchev–Trinajstić information content (AvgIpc) is 2.69. The third-order valence-corrected chi connectivity index (χ3v) is 3.44. The van der Waals surface area contributed by atoms with Crippen molar-refractivity contribution in [2.75, 3.05) is 6.61 Å². The Kier molecular flexibility index (Phi) is 3.83. The number of aryl methyl sites for hydroxylation is 1. The molecule has 2 aliphatic heterocycles. The van der Waals surface area contributed by atoms with Crippen molar-refractivity contribution in [2.45, 2.75) is 52.1 Å². The summed E-state index contributed by atoms with van der Waals surface area (Å²) in [6, 6.07) is 4.66. The molecule has 0 spiro atoms. The normalized spacial score (nSPS) is 28.2. The third-order valence-electron chi connectivity index (χ3n) is 3.44. The van der Waals surface area contributed by atoms with Gasteiger partial charge in [-0.3, -0.25) is 0 Å². The molecule has 1 saturated heterocycles. The van der Waals surface area contributed by atoms with E-state index in [9.17, 15) is 4.39 Å². The average molecular weight is 268 g/mol. The monoisotopic (exact) mass is 268 g/mol. The predicted molar refractivity (Wildman–Crippen MR) is 70.8 cm³/mol. The molecule has 0 aliphatic carbocycles. The Morgan fingerprint density at radius 2 is 2.05 bits per heavy atom. The first-order chi connectivity index (χ1) is 8.53. The molecular formula is C15H21FO3. The van der Waals surface area contributed by atoms with Gasteiger partial charge in [-0.1, -0.05) is 7.43 Å². The molecule has 0 aromatic heterocycles. The van der Waals surface area contributed by atoms with Gasteiger partial charge in [0.1, 0.15) is 23.8 Å². The van der Waals surface area contributed by atoms with Gasteiger partial charge in [0.05, 0.1) is 6.61 Å². The smallest absolute Gasteiger partial charge is 0.163 e. The minimum absolute atomic E-state index is 0. The maximum absolute atomic E-state index is 13.1. The van der Waals surface area contributed by atoms with Gasteiger partial charge in [0, 0.05) is 0 Å². The molecule has 0 saturated carbocycles. The number of ether oxygens (including phenoxy) is 3. The highest BCUT2D eigenvalue weighted by Crippen LogP contribution is 2.33. The van der Waals surface area contributed by atoms with E-state index in [-0.39, 0.29) is 25.5 Å². The summed E-state index contributed by atoms with van der Waals surface area (Å²) < 4.78 is 30.3. The highest BCUT2D eigenvalue weighted by molar-refractivity contribution is 5.36. The molecule has 1 aromatic carbocycles. The van der Waals surface area contributed by atoms with E-state index in [1.807, 2.05) is 13.8 Å². The van der Waals surface area contributed by atoms with Crippen molar-refractivity contribution < 1.29 is 18.6 Å². The highest BCUT2D eigenvalue weighted by Gasteiger charge is 2.39. The molecule has 1 unspecified atom stereocenters. The van der Waals surface area contributed by atoms with E-state index >= 15 is 0 Å². The summed E-state index contributed by atoms with van der Waals surface area (Å²) >= 11 is 0. The van der Waals surface area contributed by atoms with Crippen LogP contribution in [-0.2, 0) is 15.9 Å². The molecule has 1 aromatic rings. The fraction of sp³-hybridized carbons (Fsp3) is 0.600. The molecule has 0 radical (unpaired) electrons. The molecule has 0 N–H and O–H groups in total. The molecule has 1 fully saturated rings. The standard InChI is InChI=1S/C14H17FO3.CH4/c1-14(2)16-8-13(18-14)12-5-3-9-7-10(15)4-6-11(9)17-12;/h4,6-7,12-13H,3,5,8H2,1-2H3;1H4/t12?,13-;/m0./s1. The molecule has 2 aliphatic rings. The van der Waals surface area contributed by atoms with E-state index in [0.29, 0.717) is 6.61 Å². The van der Waals surface area contributed by atoms with Crippen molar-refractivity contribution in [3.05, 3.63) is 29.6 Å². The Hall–Kier alpha value is -1.13. The Morgan fingerprint density at radius 3 is 2.74 bits per heavy atom. The Morgan fingerprint density at radius 1 is 1.26 bits per heavy atom. The van der Waals surface area contributed by atoms with Gasteiger partial charge in [-0.15, -0.1) is 0 Å². The summed E-state index contributed by atoms with van der Waals surface area (Å²) in [7, 11) is 0. The fourth-order valence-electron chi connectivity index (χ4n) is 2.54. The number of fused-ring (bicyclic) bond motifs is 1. The van der Waals surface area contributed by atoms with Crippen LogP contribution in [0.5, 0.6) is 5.75 Å². The summed E-state index contributed by atoms with van der Waals surface area (Å²) in [6.45, 7) is 4.35. The van der Waals surface area contributed by atoms with Gasteiger partial charge in [0.25, 0.3) is 0 Å². The van der Waals surface area contributed by atoms with Crippen molar-refractivity contribution in [2.24, 2.45) is 0 Å². The maximum Gasteiger partial charge on any atom is 0.163 e. The van der Waals surface area contributed by atoms with Crippen molar-refractivity contribution in [1.82, 2.24) is 0 Å². The number of hydrogen-bond donors (Lipinski definition) is 0. The Bertz CT molecular complexity index is 459. The molecule has 3 rings (SSSR count). The first-order valence-corrected chi connectivity index (χ1v) is 6.30. The number of hydrogen-bond acceptors (Lipinski definition) is 3. The highest BCUT2D eigenvalue weighted by atomic mass is 19.1. The predicted octanol–water partition coefficient (Wildman–Crippen LogP) is 3.31. The first kappa shape index (κ1) is 14.3. The third kappa shape index (κ3) is 2.90. The topological polar surface area (TPSA) is 27.7 Å². The van der Waals surface area contributed by atoms with Crippen LogP contribution in [-0.4, -0.2) is 24.6 Å². The molecule has 0 bridgehead atoms. The lowest BCUT2D eigenvalue weighted by Gasteiger charge is -2.30. The van der Waals surface area contributed by atoms with Crippen molar-refractivity contribution in [1.29, 1.82) is 0 Å². The number of rotatable bonds is 1. The molecule has 4 heteroatoms. The van der Waals surface area contributed by atoms with Crippen LogP contribution in [0, 0.1) is 5.82 Å². The van der Waals surface area contributed by atoms with Gasteiger partial charge in [0.15, 0.2) is 5.79 Å². The minimum atomic E-state index is -0.531. The van der Waals surface area contributed by atoms with Crippen LogP contribution >= 0.6 is 0 Å². The lowest BCUT2D eigenvalue weighted by Crippen LogP contribution is -2.37. The summed E-state index contributed by atoms with van der Waals surface area (Å²) in [5.41, 5.74) is 0.935. The van der Waals surface area contributed by atoms with Crippen LogP contribution in [0.2, 0.25) is 0 Å². The van der Waals surface area contributed by atoms with Crippen molar-refractivity contribution in [3.8, 4) is 5.75 Å². The van der Waals surface area contributed by atoms with Gasteiger partial charge in [-0.2, -0.15) is 0 Å². The summed E-state index contributed by atoms with van der Waals surface area (Å²) in [4.78, 5) is 0. The van der Waals surface area contributed by atoms with Crippen LogP contribution in [0.25, 0.3) is 0 Å². The Labute approximate surface area is 113 Å². The van der Waals surface area contributed by atoms with Crippen LogP contribution in [0.4, 0.5) is 4.39 Å². The fourth-order valence-corrected chi connectivity index (χ4v) is 2.54. The lowest BCUT2D eigenvalue weighted by molar-refractivity contribution is -0.149. The SMILES string of the molecule is C.CC1(C)OC[C@@H](C2CCc3cc(F)ccc3O2)O1. The van der Waals surface area contributed by atoms with E-state index < -0.39 is 5.79 Å². The zero-order valence-corrected chi connectivity index (χ0v) is 10.6. The second-order valence-corrected chi connectivity index (χ2v) is 5.31. The van der Waals surface area contributed by atoms with Crippen molar-refractivity contribution in [3.63, 3.8) is 0 Å². The minimum Gasteiger partial charge on any atom is -0.487 e. The quantitative estimate of drug-likeness (QED) is 0.782. The maximum atomic E-state index is 13.1. The van der Waals surface area contributed by atoms with Gasteiger partial charge in [0.2, 0.25) is 0 Å².